The molecule has 4 rings (SSSR count). The lowest BCUT2D eigenvalue weighted by molar-refractivity contribution is -0.140. The van der Waals surface area contributed by atoms with E-state index >= 15 is 4.39 Å². The summed E-state index contributed by atoms with van der Waals surface area (Å²) in [6.45, 7) is 0.548. The summed E-state index contributed by atoms with van der Waals surface area (Å²) in [4.78, 5) is 17.4. The number of amides is 1. The van der Waals surface area contributed by atoms with Crippen LogP contribution in [0.15, 0.2) is 12.4 Å². The number of nitrogens with zero attached hydrogens (tertiary/aromatic N) is 5. The predicted octanol–water partition coefficient (Wildman–Crippen LogP) is 2.27. The fraction of sp³-hybridized carbons (Fsp3) is 0.458. The second-order valence-electron chi connectivity index (χ2n) is 9.07. The van der Waals surface area contributed by atoms with E-state index in [1.165, 1.54) is 18.7 Å². The van der Waals surface area contributed by atoms with Crippen LogP contribution in [0.2, 0.25) is 0 Å². The van der Waals surface area contributed by atoms with Gasteiger partial charge in [-0.2, -0.15) is 18.3 Å². The Kier molecular flexibility index (Phi) is 7.82. The highest BCUT2D eigenvalue weighted by molar-refractivity contribution is 5.78. The summed E-state index contributed by atoms with van der Waals surface area (Å²) in [5.74, 6) is 2.56. The lowest BCUT2D eigenvalue weighted by Crippen LogP contribution is -2.36. The normalized spacial score (nSPS) is 18.4. The number of aliphatic hydroxyl groups is 1. The summed E-state index contributed by atoms with van der Waals surface area (Å²) < 4.78 is 75.7. The maximum absolute atomic E-state index is 15.1. The van der Waals surface area contributed by atoms with Gasteiger partial charge in [0.15, 0.2) is 5.82 Å². The molecule has 4 N–H and O–H groups in total. The summed E-state index contributed by atoms with van der Waals surface area (Å²) in [7, 11) is 3.08. The second-order valence-corrected chi connectivity index (χ2v) is 9.07. The fourth-order valence-electron chi connectivity index (χ4n) is 4.82. The van der Waals surface area contributed by atoms with Crippen LogP contribution < -0.4 is 11.1 Å². The molecule has 0 spiro atoms. The number of fused-ring (bicyclic) bond motifs is 1. The Hall–Kier alpha value is -3.74. The number of alkyl halides is 3. The minimum Gasteiger partial charge on any atom is -0.383 e. The number of ether oxygens (including phenoxy) is 1. The van der Waals surface area contributed by atoms with Crippen molar-refractivity contribution in [2.45, 2.75) is 44.4 Å². The number of nitrogens with two attached hydrogens (primary N) is 1. The molecular weight excluding hydrogens is 529 g/mol. The van der Waals surface area contributed by atoms with E-state index in [1.807, 2.05) is 0 Å². The number of hydrogen-bond acceptors (Lipinski definition) is 7. The average molecular weight is 556 g/mol. The summed E-state index contributed by atoms with van der Waals surface area (Å²) in [5.41, 5.74) is 4.15. The van der Waals surface area contributed by atoms with Crippen molar-refractivity contribution in [1.29, 1.82) is 0 Å². The fourth-order valence-corrected chi connectivity index (χ4v) is 4.82. The Morgan fingerprint density at radius 3 is 2.67 bits per heavy atom. The van der Waals surface area contributed by atoms with Gasteiger partial charge in [0.05, 0.1) is 41.7 Å². The number of likely N-dealkylation sites (tertiary alicyclic amines) is 1. The van der Waals surface area contributed by atoms with Gasteiger partial charge in [-0.25, -0.2) is 18.4 Å². The maximum atomic E-state index is 15.1. The van der Waals surface area contributed by atoms with Gasteiger partial charge in [-0.1, -0.05) is 5.92 Å². The molecule has 1 aliphatic rings. The molecule has 15 heteroatoms. The molecule has 1 aliphatic heterocycles. The summed E-state index contributed by atoms with van der Waals surface area (Å²) >= 11 is 0. The van der Waals surface area contributed by atoms with Crippen molar-refractivity contribution < 1.29 is 36.6 Å². The van der Waals surface area contributed by atoms with E-state index in [2.05, 4.69) is 27.2 Å². The first-order valence-electron chi connectivity index (χ1n) is 11.8. The van der Waals surface area contributed by atoms with Crippen LogP contribution in [-0.2, 0) is 16.1 Å². The maximum Gasteiger partial charge on any atom is 0.406 e. The lowest BCUT2D eigenvalue weighted by Gasteiger charge is -2.21. The molecule has 0 saturated carbocycles. The van der Waals surface area contributed by atoms with E-state index in [0.29, 0.717) is 23.4 Å². The molecule has 0 aliphatic carbocycles. The minimum absolute atomic E-state index is 0.0610. The first-order valence-corrected chi connectivity index (χ1v) is 11.8. The molecule has 210 valence electrons. The Morgan fingerprint density at radius 2 is 2.08 bits per heavy atom. The zero-order chi connectivity index (χ0) is 28.6. The molecule has 3 heterocycles. The SMILES string of the molecule is CNc1c(C(N)O)c(C#Cc2c(F)cc3c(ncn3CC(F)(F)F)c2F)nn1[C@H]1C[C@H](COC)N(C(C)=O)C1. The van der Waals surface area contributed by atoms with E-state index in [4.69, 9.17) is 10.5 Å². The van der Waals surface area contributed by atoms with Crippen molar-refractivity contribution in [2.75, 3.05) is 32.6 Å². The number of imidazole rings is 1. The largest absolute Gasteiger partial charge is 0.406 e. The van der Waals surface area contributed by atoms with Gasteiger partial charge in [-0.05, 0) is 12.3 Å². The predicted molar refractivity (Wildman–Crippen MR) is 129 cm³/mol. The van der Waals surface area contributed by atoms with E-state index in [0.717, 1.165) is 12.4 Å². The number of nitrogens with one attached hydrogen (secondary N) is 1. The quantitative estimate of drug-likeness (QED) is 0.242. The van der Waals surface area contributed by atoms with Crippen molar-refractivity contribution in [1.82, 2.24) is 24.2 Å². The summed E-state index contributed by atoms with van der Waals surface area (Å²) in [5, 5.41) is 17.6. The van der Waals surface area contributed by atoms with Crippen LogP contribution in [0.3, 0.4) is 0 Å². The van der Waals surface area contributed by atoms with E-state index < -0.39 is 41.7 Å². The molecule has 0 bridgehead atoms. The van der Waals surface area contributed by atoms with Crippen molar-refractivity contribution in [3.8, 4) is 11.8 Å². The number of hydrogen-bond donors (Lipinski definition) is 3. The Bertz CT molecular complexity index is 1450. The van der Waals surface area contributed by atoms with E-state index in [-0.39, 0.29) is 41.3 Å². The number of anilines is 1. The third kappa shape index (κ3) is 5.54. The van der Waals surface area contributed by atoms with Crippen LogP contribution in [0.25, 0.3) is 11.0 Å². The van der Waals surface area contributed by atoms with Crippen molar-refractivity contribution in [3.05, 3.63) is 40.8 Å². The number of benzene rings is 1. The molecule has 2 aromatic heterocycles. The first-order chi connectivity index (χ1) is 18.4. The molecule has 39 heavy (non-hydrogen) atoms. The Labute approximate surface area is 219 Å². The van der Waals surface area contributed by atoms with E-state index in [9.17, 15) is 27.5 Å². The molecule has 3 aromatic rings. The molecular formula is C24H26F5N7O3. The van der Waals surface area contributed by atoms with Crippen LogP contribution >= 0.6 is 0 Å². The topological polar surface area (TPSA) is 123 Å². The van der Waals surface area contributed by atoms with Crippen LogP contribution in [-0.4, -0.2) is 74.8 Å². The molecule has 1 saturated heterocycles. The van der Waals surface area contributed by atoms with Crippen LogP contribution in [0.1, 0.15) is 42.4 Å². The third-order valence-corrected chi connectivity index (χ3v) is 6.44. The van der Waals surface area contributed by atoms with Gasteiger partial charge in [-0.3, -0.25) is 4.79 Å². The third-order valence-electron chi connectivity index (χ3n) is 6.44. The standard InChI is InChI=1S/C24H26F5N7O3/c1-12(37)35-8-13(6-14(35)9-39-3)36-23(31-2)19(22(30)38)17(33-36)5-4-15-16(25)7-18-21(20(15)26)32-11-34(18)10-24(27,28)29/h7,11,13-14,22,31,38H,6,8-10,30H2,1-3H3/t13-,14+,22?/m0/s1. The molecule has 1 amide bonds. The summed E-state index contributed by atoms with van der Waals surface area (Å²) in [6, 6.07) is 0.147. The van der Waals surface area contributed by atoms with Gasteiger partial charge >= 0.3 is 6.18 Å². The lowest BCUT2D eigenvalue weighted by atomic mass is 10.1. The number of aliphatic hydroxyl groups excluding tert-OH is 1. The number of halogens is 5. The zero-order valence-electron chi connectivity index (χ0n) is 21.2. The van der Waals surface area contributed by atoms with Crippen molar-refractivity contribution in [2.24, 2.45) is 5.73 Å². The monoisotopic (exact) mass is 555 g/mol. The van der Waals surface area contributed by atoms with Gasteiger partial charge in [0.1, 0.15) is 35.6 Å². The van der Waals surface area contributed by atoms with Gasteiger partial charge < -0.3 is 30.4 Å². The van der Waals surface area contributed by atoms with Crippen LogP contribution in [0.4, 0.5) is 27.8 Å². The van der Waals surface area contributed by atoms with E-state index in [1.54, 1.807) is 11.9 Å². The van der Waals surface area contributed by atoms with Gasteiger partial charge in [-0.15, -0.1) is 0 Å². The molecule has 1 unspecified atom stereocenters. The van der Waals surface area contributed by atoms with Gasteiger partial charge in [0.25, 0.3) is 0 Å². The first kappa shape index (κ1) is 28.3. The number of methoxy groups -OCH3 is 1. The van der Waals surface area contributed by atoms with Crippen molar-refractivity contribution >= 4 is 22.8 Å². The average Bonchev–Trinajstić information content (AvgIpc) is 3.53. The Balaban J connectivity index is 1.76. The second kappa shape index (κ2) is 10.8. The smallest absolute Gasteiger partial charge is 0.383 e. The minimum atomic E-state index is -4.62. The number of carbonyl (C=O) groups excluding carboxylic acids is 1. The highest BCUT2D eigenvalue weighted by Gasteiger charge is 2.37. The van der Waals surface area contributed by atoms with Crippen LogP contribution in [0, 0.1) is 23.5 Å². The van der Waals surface area contributed by atoms with Gasteiger partial charge in [0.2, 0.25) is 5.91 Å². The molecule has 1 aromatic carbocycles. The highest BCUT2D eigenvalue weighted by atomic mass is 19.4. The zero-order valence-corrected chi connectivity index (χ0v) is 21.2. The van der Waals surface area contributed by atoms with Crippen LogP contribution in [0.5, 0.6) is 0 Å². The number of carbonyl (C=O) groups is 1. The number of rotatable bonds is 6. The molecule has 0 radical (unpaired) electrons. The molecule has 10 nitrogen and oxygen atoms in total. The Morgan fingerprint density at radius 1 is 1.36 bits per heavy atom. The van der Waals surface area contributed by atoms with Gasteiger partial charge in [0, 0.05) is 33.7 Å². The van der Waals surface area contributed by atoms with Crippen molar-refractivity contribution in [3.63, 3.8) is 0 Å². The molecule has 1 fully saturated rings. The molecule has 3 atom stereocenters. The number of aromatic nitrogens is 4. The summed E-state index contributed by atoms with van der Waals surface area (Å²) in [6.07, 6.45) is -4.95. The highest BCUT2D eigenvalue weighted by Crippen LogP contribution is 2.34.